The molecule has 0 saturated carbocycles. The number of ether oxygens (including phenoxy) is 1. The van der Waals surface area contributed by atoms with Crippen molar-refractivity contribution in [2.24, 2.45) is 5.41 Å². The standard InChI is InChI=1S/C28H39NO3/c1-16(2)19-10-12-20(13-11-19)21-15-32-26-23(21)17(3)25(18(4)24(26)28(8,9)31)29-22(30)14-27(5,6)7/h10-13,16,21,31H,14-15H2,1-9H3,(H,29,30). The van der Waals surface area contributed by atoms with Crippen LogP contribution in [0.2, 0.25) is 0 Å². The molecule has 2 aromatic rings. The molecule has 1 aliphatic heterocycles. The number of hydrogen-bond donors (Lipinski definition) is 2. The summed E-state index contributed by atoms with van der Waals surface area (Å²) >= 11 is 0. The summed E-state index contributed by atoms with van der Waals surface area (Å²) in [6, 6.07) is 8.73. The van der Waals surface area contributed by atoms with E-state index in [1.54, 1.807) is 13.8 Å². The molecule has 4 heteroatoms. The second-order valence-corrected chi connectivity index (χ2v) is 11.3. The molecule has 1 heterocycles. The van der Waals surface area contributed by atoms with Crippen molar-refractivity contribution in [2.45, 2.75) is 86.2 Å². The molecule has 0 aliphatic carbocycles. The quantitative estimate of drug-likeness (QED) is 0.557. The zero-order chi connectivity index (χ0) is 24.0. The van der Waals surface area contributed by atoms with Crippen LogP contribution in [-0.2, 0) is 10.4 Å². The molecule has 0 bridgehead atoms. The van der Waals surface area contributed by atoms with E-state index < -0.39 is 5.60 Å². The Bertz CT molecular complexity index is 1010. The van der Waals surface area contributed by atoms with E-state index in [1.165, 1.54) is 11.1 Å². The lowest BCUT2D eigenvalue weighted by molar-refractivity contribution is -0.117. The molecular weight excluding hydrogens is 398 g/mol. The van der Waals surface area contributed by atoms with Crippen molar-refractivity contribution in [3.05, 3.63) is 57.6 Å². The van der Waals surface area contributed by atoms with Crippen LogP contribution in [0.15, 0.2) is 24.3 Å². The lowest BCUT2D eigenvalue weighted by Gasteiger charge is -2.28. The van der Waals surface area contributed by atoms with Crippen LogP contribution in [0, 0.1) is 19.3 Å². The lowest BCUT2D eigenvalue weighted by Crippen LogP contribution is -2.24. The molecule has 0 spiro atoms. The Morgan fingerprint density at radius 3 is 2.19 bits per heavy atom. The molecule has 0 aromatic heterocycles. The van der Waals surface area contributed by atoms with Gasteiger partial charge in [-0.2, -0.15) is 0 Å². The number of anilines is 1. The molecule has 1 aliphatic rings. The van der Waals surface area contributed by atoms with Crippen LogP contribution in [0.1, 0.15) is 100 Å². The minimum atomic E-state index is -1.10. The number of carbonyl (C=O) groups is 1. The predicted octanol–water partition coefficient (Wildman–Crippen LogP) is 6.55. The molecule has 1 atom stereocenters. The molecule has 32 heavy (non-hydrogen) atoms. The Labute approximate surface area is 193 Å². The van der Waals surface area contributed by atoms with Crippen molar-refractivity contribution in [1.29, 1.82) is 0 Å². The molecule has 0 fully saturated rings. The van der Waals surface area contributed by atoms with Gasteiger partial charge in [0.1, 0.15) is 5.75 Å². The van der Waals surface area contributed by atoms with Crippen LogP contribution >= 0.6 is 0 Å². The first kappa shape index (κ1) is 24.3. The van der Waals surface area contributed by atoms with E-state index in [1.807, 2.05) is 6.92 Å². The third-order valence-corrected chi connectivity index (χ3v) is 6.32. The maximum absolute atomic E-state index is 12.8. The second-order valence-electron chi connectivity index (χ2n) is 11.3. The van der Waals surface area contributed by atoms with E-state index in [-0.39, 0.29) is 17.2 Å². The predicted molar refractivity (Wildman–Crippen MR) is 132 cm³/mol. The van der Waals surface area contributed by atoms with Crippen LogP contribution in [0.25, 0.3) is 0 Å². The maximum Gasteiger partial charge on any atom is 0.224 e. The number of carbonyl (C=O) groups excluding carboxylic acids is 1. The zero-order valence-corrected chi connectivity index (χ0v) is 21.1. The number of amides is 1. The summed E-state index contributed by atoms with van der Waals surface area (Å²) in [4.78, 5) is 12.8. The number of benzene rings is 2. The fraction of sp³-hybridized carbons (Fsp3) is 0.536. The summed E-state index contributed by atoms with van der Waals surface area (Å²) in [5.41, 5.74) is 5.79. The fourth-order valence-corrected chi connectivity index (χ4v) is 4.80. The highest BCUT2D eigenvalue weighted by Gasteiger charge is 2.37. The topological polar surface area (TPSA) is 58.6 Å². The Kier molecular flexibility index (Phi) is 6.50. The van der Waals surface area contributed by atoms with Gasteiger partial charge in [-0.3, -0.25) is 4.79 Å². The summed E-state index contributed by atoms with van der Waals surface area (Å²) in [5.74, 6) is 1.29. The number of rotatable bonds is 5. The van der Waals surface area contributed by atoms with E-state index in [0.29, 0.717) is 18.9 Å². The third kappa shape index (κ3) is 4.85. The first-order chi connectivity index (χ1) is 14.7. The van der Waals surface area contributed by atoms with Gasteiger partial charge in [0.2, 0.25) is 5.91 Å². The van der Waals surface area contributed by atoms with Gasteiger partial charge < -0.3 is 15.2 Å². The van der Waals surface area contributed by atoms with Gasteiger partial charge in [0.15, 0.2) is 0 Å². The van der Waals surface area contributed by atoms with Gasteiger partial charge in [-0.05, 0) is 61.3 Å². The fourth-order valence-electron chi connectivity index (χ4n) is 4.80. The van der Waals surface area contributed by atoms with Crippen LogP contribution in [0.3, 0.4) is 0 Å². The van der Waals surface area contributed by atoms with Gasteiger partial charge in [-0.25, -0.2) is 0 Å². The summed E-state index contributed by atoms with van der Waals surface area (Å²) in [7, 11) is 0. The molecule has 0 radical (unpaired) electrons. The van der Waals surface area contributed by atoms with Crippen LogP contribution in [0.4, 0.5) is 5.69 Å². The smallest absolute Gasteiger partial charge is 0.224 e. The minimum absolute atomic E-state index is 0.0119. The lowest BCUT2D eigenvalue weighted by atomic mass is 9.82. The summed E-state index contributed by atoms with van der Waals surface area (Å²) in [6.45, 7) is 18.7. The van der Waals surface area contributed by atoms with Gasteiger partial charge in [-0.15, -0.1) is 0 Å². The molecule has 4 nitrogen and oxygen atoms in total. The van der Waals surface area contributed by atoms with Gasteiger partial charge in [0.25, 0.3) is 0 Å². The molecule has 174 valence electrons. The average molecular weight is 438 g/mol. The molecule has 2 N–H and O–H groups in total. The first-order valence-electron chi connectivity index (χ1n) is 11.6. The number of hydrogen-bond acceptors (Lipinski definition) is 3. The van der Waals surface area contributed by atoms with Crippen LogP contribution < -0.4 is 10.1 Å². The van der Waals surface area contributed by atoms with Gasteiger partial charge in [-0.1, -0.05) is 58.9 Å². The second kappa shape index (κ2) is 8.55. The number of fused-ring (bicyclic) bond motifs is 1. The first-order valence-corrected chi connectivity index (χ1v) is 11.6. The minimum Gasteiger partial charge on any atom is -0.492 e. The third-order valence-electron chi connectivity index (χ3n) is 6.32. The Hall–Kier alpha value is -2.33. The van der Waals surface area contributed by atoms with Crippen molar-refractivity contribution in [1.82, 2.24) is 0 Å². The van der Waals surface area contributed by atoms with E-state index >= 15 is 0 Å². The highest BCUT2D eigenvalue weighted by Crippen LogP contribution is 2.50. The normalized spacial score (nSPS) is 16.2. The van der Waals surface area contributed by atoms with Crippen molar-refractivity contribution in [2.75, 3.05) is 11.9 Å². The average Bonchev–Trinajstić information content (AvgIpc) is 3.07. The van der Waals surface area contributed by atoms with Crippen molar-refractivity contribution < 1.29 is 14.6 Å². The van der Waals surface area contributed by atoms with Gasteiger partial charge in [0, 0.05) is 29.2 Å². The van der Waals surface area contributed by atoms with Crippen LogP contribution in [0.5, 0.6) is 5.75 Å². The van der Waals surface area contributed by atoms with E-state index in [0.717, 1.165) is 33.7 Å². The number of aliphatic hydroxyl groups is 1. The summed E-state index contributed by atoms with van der Waals surface area (Å²) < 4.78 is 6.23. The largest absolute Gasteiger partial charge is 0.492 e. The molecule has 3 rings (SSSR count). The van der Waals surface area contributed by atoms with E-state index in [2.05, 4.69) is 71.1 Å². The van der Waals surface area contributed by atoms with Crippen molar-refractivity contribution >= 4 is 11.6 Å². The maximum atomic E-state index is 12.8. The van der Waals surface area contributed by atoms with E-state index in [4.69, 9.17) is 4.74 Å². The van der Waals surface area contributed by atoms with Crippen molar-refractivity contribution in [3.8, 4) is 5.75 Å². The molecule has 1 unspecified atom stereocenters. The number of nitrogens with one attached hydrogen (secondary N) is 1. The molecule has 1 amide bonds. The van der Waals surface area contributed by atoms with Gasteiger partial charge in [0.05, 0.1) is 12.2 Å². The Morgan fingerprint density at radius 1 is 1.09 bits per heavy atom. The van der Waals surface area contributed by atoms with Gasteiger partial charge >= 0.3 is 0 Å². The van der Waals surface area contributed by atoms with Crippen molar-refractivity contribution in [3.63, 3.8) is 0 Å². The summed E-state index contributed by atoms with van der Waals surface area (Å²) in [6.07, 6.45) is 0.428. The Morgan fingerprint density at radius 2 is 1.69 bits per heavy atom. The highest BCUT2D eigenvalue weighted by atomic mass is 16.5. The molecule has 2 aromatic carbocycles. The Balaban J connectivity index is 2.14. The zero-order valence-electron chi connectivity index (χ0n) is 21.1. The molecular formula is C28H39NO3. The van der Waals surface area contributed by atoms with E-state index in [9.17, 15) is 9.90 Å². The summed E-state index contributed by atoms with van der Waals surface area (Å²) in [5, 5.41) is 14.2. The molecule has 0 saturated heterocycles. The highest BCUT2D eigenvalue weighted by molar-refractivity contribution is 5.94. The SMILES string of the molecule is Cc1c(NC(=O)CC(C)(C)C)c(C)c(C(C)(C)O)c2c1C(c1ccc(C(C)C)cc1)CO2. The monoisotopic (exact) mass is 437 g/mol. The van der Waals surface area contributed by atoms with Crippen LogP contribution in [-0.4, -0.2) is 17.6 Å².